The van der Waals surface area contributed by atoms with Crippen LogP contribution in [-0.2, 0) is 6.61 Å². The molecule has 5 nitrogen and oxygen atoms in total. The lowest BCUT2D eigenvalue weighted by Crippen LogP contribution is -2.29. The van der Waals surface area contributed by atoms with Crippen molar-refractivity contribution in [3.63, 3.8) is 0 Å². The standard InChI is InChI=1S/C13H12ClFN2O3/c1-7-8(4-12(20-7)13(18)17-16)6-19-9-2-3-11(15)10(14)5-9/h2-5H,6,16H2,1H3,(H,17,18). The van der Waals surface area contributed by atoms with Crippen LogP contribution in [0.3, 0.4) is 0 Å². The second-order valence-corrected chi connectivity index (χ2v) is 4.44. The van der Waals surface area contributed by atoms with E-state index in [4.69, 9.17) is 26.6 Å². The van der Waals surface area contributed by atoms with Gasteiger partial charge in [-0.3, -0.25) is 10.2 Å². The number of nitrogens with one attached hydrogen (secondary N) is 1. The minimum absolute atomic E-state index is 0.0189. The van der Waals surface area contributed by atoms with Gasteiger partial charge in [0.05, 0.1) is 5.02 Å². The summed E-state index contributed by atoms with van der Waals surface area (Å²) >= 11 is 5.65. The minimum Gasteiger partial charge on any atom is -0.489 e. The Balaban J connectivity index is 2.08. The van der Waals surface area contributed by atoms with Crippen LogP contribution in [0, 0.1) is 12.7 Å². The summed E-state index contributed by atoms with van der Waals surface area (Å²) in [7, 11) is 0. The van der Waals surface area contributed by atoms with Gasteiger partial charge in [0, 0.05) is 11.6 Å². The number of hydrogen-bond acceptors (Lipinski definition) is 4. The van der Waals surface area contributed by atoms with Gasteiger partial charge in [0.2, 0.25) is 0 Å². The van der Waals surface area contributed by atoms with Crippen LogP contribution in [-0.4, -0.2) is 5.91 Å². The van der Waals surface area contributed by atoms with Gasteiger partial charge in [-0.05, 0) is 25.1 Å². The van der Waals surface area contributed by atoms with Crippen LogP contribution in [0.25, 0.3) is 0 Å². The molecular weight excluding hydrogens is 287 g/mol. The zero-order valence-electron chi connectivity index (χ0n) is 10.6. The summed E-state index contributed by atoms with van der Waals surface area (Å²) in [6.07, 6.45) is 0. The molecule has 0 aliphatic heterocycles. The van der Waals surface area contributed by atoms with Gasteiger partial charge < -0.3 is 9.15 Å². The Morgan fingerprint density at radius 3 is 2.90 bits per heavy atom. The third-order valence-electron chi connectivity index (χ3n) is 2.66. The molecule has 0 fully saturated rings. The molecule has 0 aliphatic rings. The quantitative estimate of drug-likeness (QED) is 0.516. The molecule has 0 spiro atoms. The second kappa shape index (κ2) is 5.94. The second-order valence-electron chi connectivity index (χ2n) is 4.03. The molecule has 0 radical (unpaired) electrons. The van der Waals surface area contributed by atoms with Gasteiger partial charge in [0.15, 0.2) is 5.76 Å². The van der Waals surface area contributed by atoms with E-state index >= 15 is 0 Å². The highest BCUT2D eigenvalue weighted by Gasteiger charge is 2.14. The molecule has 106 valence electrons. The molecule has 2 rings (SSSR count). The largest absolute Gasteiger partial charge is 0.489 e. The summed E-state index contributed by atoms with van der Waals surface area (Å²) in [4.78, 5) is 11.3. The number of nitrogens with two attached hydrogens (primary N) is 1. The van der Waals surface area contributed by atoms with Gasteiger partial charge in [0.1, 0.15) is 23.9 Å². The molecule has 0 aliphatic carbocycles. The van der Waals surface area contributed by atoms with Crippen molar-refractivity contribution in [3.8, 4) is 5.75 Å². The molecule has 0 bridgehead atoms. The lowest BCUT2D eigenvalue weighted by Gasteiger charge is -2.05. The fraction of sp³-hybridized carbons (Fsp3) is 0.154. The van der Waals surface area contributed by atoms with E-state index in [1.807, 2.05) is 5.43 Å². The van der Waals surface area contributed by atoms with Crippen molar-refractivity contribution < 1.29 is 18.3 Å². The summed E-state index contributed by atoms with van der Waals surface area (Å²) in [5.74, 6) is 5.04. The van der Waals surface area contributed by atoms with Gasteiger partial charge in [0.25, 0.3) is 0 Å². The number of carbonyl (C=O) groups excluding carboxylic acids is 1. The number of ether oxygens (including phenoxy) is 1. The zero-order chi connectivity index (χ0) is 14.7. The van der Waals surface area contributed by atoms with Crippen LogP contribution < -0.4 is 16.0 Å². The highest BCUT2D eigenvalue weighted by Crippen LogP contribution is 2.23. The normalized spacial score (nSPS) is 10.4. The van der Waals surface area contributed by atoms with E-state index in [2.05, 4.69) is 0 Å². The Morgan fingerprint density at radius 2 is 2.25 bits per heavy atom. The Labute approximate surface area is 119 Å². The van der Waals surface area contributed by atoms with E-state index in [9.17, 15) is 9.18 Å². The monoisotopic (exact) mass is 298 g/mol. The van der Waals surface area contributed by atoms with Crippen molar-refractivity contribution in [2.45, 2.75) is 13.5 Å². The first kappa shape index (κ1) is 14.4. The fourth-order valence-corrected chi connectivity index (χ4v) is 1.74. The first-order valence-electron chi connectivity index (χ1n) is 5.69. The van der Waals surface area contributed by atoms with Crippen molar-refractivity contribution in [1.29, 1.82) is 0 Å². The molecule has 0 atom stereocenters. The van der Waals surface area contributed by atoms with Crippen molar-refractivity contribution >= 4 is 17.5 Å². The van der Waals surface area contributed by atoms with Gasteiger partial charge in [-0.1, -0.05) is 11.6 Å². The summed E-state index contributed by atoms with van der Waals surface area (Å²) in [5, 5.41) is -0.0189. The fourth-order valence-electron chi connectivity index (χ4n) is 1.57. The number of aryl methyl sites for hydroxylation is 1. The number of nitrogen functional groups attached to an aromatic ring is 1. The molecule has 7 heteroatoms. The van der Waals surface area contributed by atoms with E-state index in [1.165, 1.54) is 24.3 Å². The maximum absolute atomic E-state index is 13.0. The van der Waals surface area contributed by atoms with Gasteiger partial charge in [-0.25, -0.2) is 10.2 Å². The molecule has 20 heavy (non-hydrogen) atoms. The van der Waals surface area contributed by atoms with Crippen molar-refractivity contribution in [2.24, 2.45) is 5.84 Å². The van der Waals surface area contributed by atoms with Gasteiger partial charge in [-0.2, -0.15) is 0 Å². The average molecular weight is 299 g/mol. The molecule has 1 aromatic heterocycles. The molecule has 3 N–H and O–H groups in total. The molecule has 0 saturated carbocycles. The summed E-state index contributed by atoms with van der Waals surface area (Å²) in [6.45, 7) is 1.86. The minimum atomic E-state index is -0.524. The van der Waals surface area contributed by atoms with Gasteiger partial charge in [-0.15, -0.1) is 0 Å². The van der Waals surface area contributed by atoms with Crippen LogP contribution in [0.5, 0.6) is 5.75 Å². The Morgan fingerprint density at radius 1 is 1.50 bits per heavy atom. The van der Waals surface area contributed by atoms with E-state index in [0.717, 1.165) is 0 Å². The molecule has 1 heterocycles. The number of halogens is 2. The van der Waals surface area contributed by atoms with Crippen LogP contribution in [0.4, 0.5) is 4.39 Å². The first-order chi connectivity index (χ1) is 9.51. The average Bonchev–Trinajstić information content (AvgIpc) is 2.80. The summed E-state index contributed by atoms with van der Waals surface area (Å²) in [6, 6.07) is 5.58. The number of hydrazine groups is 1. The number of rotatable bonds is 4. The predicted octanol–water partition coefficient (Wildman–Crippen LogP) is 2.56. The highest BCUT2D eigenvalue weighted by atomic mass is 35.5. The third-order valence-corrected chi connectivity index (χ3v) is 2.95. The molecule has 2 aromatic rings. The molecular formula is C13H12ClFN2O3. The lowest BCUT2D eigenvalue weighted by molar-refractivity contribution is 0.0924. The number of amides is 1. The number of carbonyl (C=O) groups is 1. The maximum Gasteiger partial charge on any atom is 0.300 e. The van der Waals surface area contributed by atoms with Crippen molar-refractivity contribution in [3.05, 3.63) is 52.2 Å². The third kappa shape index (κ3) is 3.09. The predicted molar refractivity (Wildman–Crippen MR) is 70.8 cm³/mol. The molecule has 1 aromatic carbocycles. The topological polar surface area (TPSA) is 77.5 Å². The molecule has 0 saturated heterocycles. The van der Waals surface area contributed by atoms with Crippen LogP contribution in [0.1, 0.15) is 21.9 Å². The smallest absolute Gasteiger partial charge is 0.300 e. The highest BCUT2D eigenvalue weighted by molar-refractivity contribution is 6.30. The summed E-state index contributed by atoms with van der Waals surface area (Å²) < 4.78 is 23.7. The van der Waals surface area contributed by atoms with Crippen molar-refractivity contribution in [2.75, 3.05) is 0 Å². The number of benzene rings is 1. The van der Waals surface area contributed by atoms with E-state index in [0.29, 0.717) is 17.1 Å². The Bertz CT molecular complexity index is 643. The van der Waals surface area contributed by atoms with E-state index < -0.39 is 11.7 Å². The van der Waals surface area contributed by atoms with Gasteiger partial charge >= 0.3 is 5.91 Å². The first-order valence-corrected chi connectivity index (χ1v) is 6.07. The van der Waals surface area contributed by atoms with E-state index in [1.54, 1.807) is 6.92 Å². The maximum atomic E-state index is 13.0. The Kier molecular flexibility index (Phi) is 4.26. The SMILES string of the molecule is Cc1oc(C(=O)NN)cc1COc1ccc(F)c(Cl)c1. The van der Waals surface area contributed by atoms with Crippen LogP contribution in [0.2, 0.25) is 5.02 Å². The number of furan rings is 1. The van der Waals surface area contributed by atoms with E-state index in [-0.39, 0.29) is 17.4 Å². The van der Waals surface area contributed by atoms with Crippen molar-refractivity contribution in [1.82, 2.24) is 5.43 Å². The molecule has 1 amide bonds. The van der Waals surface area contributed by atoms with Crippen LogP contribution >= 0.6 is 11.6 Å². The summed E-state index contributed by atoms with van der Waals surface area (Å²) in [5.41, 5.74) is 2.66. The number of hydrogen-bond donors (Lipinski definition) is 2. The Hall–Kier alpha value is -2.05. The lowest BCUT2D eigenvalue weighted by atomic mass is 10.2. The molecule has 0 unspecified atom stereocenters. The zero-order valence-corrected chi connectivity index (χ0v) is 11.3. The van der Waals surface area contributed by atoms with Crippen LogP contribution in [0.15, 0.2) is 28.7 Å².